The number of amides is 1. The van der Waals surface area contributed by atoms with E-state index in [-0.39, 0.29) is 41.3 Å². The van der Waals surface area contributed by atoms with Gasteiger partial charge in [0.25, 0.3) is 5.91 Å². The van der Waals surface area contributed by atoms with Gasteiger partial charge < -0.3 is 19.7 Å². The molecule has 0 aromatic heterocycles. The van der Waals surface area contributed by atoms with Gasteiger partial charge >= 0.3 is 5.97 Å². The van der Waals surface area contributed by atoms with Crippen LogP contribution in [0.4, 0.5) is 4.39 Å². The van der Waals surface area contributed by atoms with Crippen molar-refractivity contribution in [1.82, 2.24) is 10.2 Å². The Bertz CT molecular complexity index is 940. The van der Waals surface area contributed by atoms with Gasteiger partial charge in [0.15, 0.2) is 12.6 Å². The van der Waals surface area contributed by atoms with Crippen molar-refractivity contribution in [2.75, 3.05) is 40.1 Å². The number of likely N-dealkylation sites (tertiary alicyclic amines) is 1. The number of carbonyl (C=O) groups excluding carboxylic acids is 3. The molecule has 0 saturated carbocycles. The highest BCUT2D eigenvalue weighted by Gasteiger charge is 2.26. The van der Waals surface area contributed by atoms with Gasteiger partial charge in [0, 0.05) is 31.7 Å². The highest BCUT2D eigenvalue weighted by atomic mass is 19.1. The summed E-state index contributed by atoms with van der Waals surface area (Å²) in [5.41, 5.74) is 0.971. The minimum absolute atomic E-state index is 0.0509. The van der Waals surface area contributed by atoms with Gasteiger partial charge in [-0.2, -0.15) is 0 Å². The number of Topliss-reactive ketones (excluding diaryl/α,β-unsaturated/α-hetero) is 1. The first kappa shape index (κ1) is 23.6. The third-order valence-corrected chi connectivity index (χ3v) is 5.50. The first-order chi connectivity index (χ1) is 15.5. The molecule has 1 heterocycles. The number of benzene rings is 2. The van der Waals surface area contributed by atoms with Crippen LogP contribution in [0, 0.1) is 11.7 Å². The van der Waals surface area contributed by atoms with Crippen molar-refractivity contribution in [1.29, 1.82) is 0 Å². The average Bonchev–Trinajstić information content (AvgIpc) is 2.83. The molecular formula is C24H27FN2O5. The van der Waals surface area contributed by atoms with Crippen molar-refractivity contribution < 1.29 is 28.2 Å². The summed E-state index contributed by atoms with van der Waals surface area (Å²) in [5.74, 6) is -1.35. The highest BCUT2D eigenvalue weighted by molar-refractivity contribution is 6.05. The molecule has 0 bridgehead atoms. The Morgan fingerprint density at radius 1 is 1.03 bits per heavy atom. The van der Waals surface area contributed by atoms with Gasteiger partial charge in [-0.05, 0) is 62.3 Å². The maximum atomic E-state index is 13.1. The van der Waals surface area contributed by atoms with E-state index in [1.807, 2.05) is 0 Å². The largest absolute Gasteiger partial charge is 0.435 e. The van der Waals surface area contributed by atoms with E-state index in [2.05, 4.69) is 10.2 Å². The van der Waals surface area contributed by atoms with E-state index in [0.29, 0.717) is 18.7 Å². The molecule has 1 saturated heterocycles. The quantitative estimate of drug-likeness (QED) is 0.365. The standard InChI is InChI=1S/C24H27FN2O5/c1-31-16-32-24(30)21-5-3-2-4-20(21)23(29)26-12-15-27-13-10-18(11-14-27)22(28)17-6-8-19(25)9-7-17/h2-9,18H,10-16H2,1H3,(H,26,29). The van der Waals surface area contributed by atoms with Gasteiger partial charge in [-0.15, -0.1) is 0 Å². The number of hydrogen-bond donors (Lipinski definition) is 1. The van der Waals surface area contributed by atoms with Crippen LogP contribution in [-0.2, 0) is 9.47 Å². The zero-order valence-corrected chi connectivity index (χ0v) is 18.0. The number of carbonyl (C=O) groups is 3. The molecule has 1 aliphatic rings. The lowest BCUT2D eigenvalue weighted by atomic mass is 9.89. The van der Waals surface area contributed by atoms with Gasteiger partial charge in [-0.3, -0.25) is 9.59 Å². The van der Waals surface area contributed by atoms with E-state index in [9.17, 15) is 18.8 Å². The van der Waals surface area contributed by atoms with Crippen molar-refractivity contribution in [2.45, 2.75) is 12.8 Å². The summed E-state index contributed by atoms with van der Waals surface area (Å²) in [6.45, 7) is 2.35. The number of halogens is 1. The maximum absolute atomic E-state index is 13.1. The van der Waals surface area contributed by atoms with Crippen molar-refractivity contribution in [3.8, 4) is 0 Å². The van der Waals surface area contributed by atoms with Crippen molar-refractivity contribution in [3.63, 3.8) is 0 Å². The molecule has 1 N–H and O–H groups in total. The fourth-order valence-corrected chi connectivity index (χ4v) is 3.74. The first-order valence-corrected chi connectivity index (χ1v) is 10.5. The SMILES string of the molecule is COCOC(=O)c1ccccc1C(=O)NCCN1CCC(C(=O)c2ccc(F)cc2)CC1. The van der Waals surface area contributed by atoms with Gasteiger partial charge in [0.2, 0.25) is 0 Å². The molecule has 2 aromatic rings. The van der Waals surface area contributed by atoms with E-state index in [1.165, 1.54) is 37.4 Å². The molecule has 0 unspecified atom stereocenters. The fourth-order valence-electron chi connectivity index (χ4n) is 3.74. The fraction of sp³-hybridized carbons (Fsp3) is 0.375. The van der Waals surface area contributed by atoms with Crippen molar-refractivity contribution >= 4 is 17.7 Å². The molecule has 32 heavy (non-hydrogen) atoms. The topological polar surface area (TPSA) is 84.9 Å². The van der Waals surface area contributed by atoms with Crippen LogP contribution in [0.1, 0.15) is 43.9 Å². The summed E-state index contributed by atoms with van der Waals surface area (Å²) in [6, 6.07) is 12.1. The molecular weight excluding hydrogens is 415 g/mol. The number of nitrogens with one attached hydrogen (secondary N) is 1. The predicted octanol–water partition coefficient (Wildman–Crippen LogP) is 2.91. The average molecular weight is 442 g/mol. The van der Waals surface area contributed by atoms with Crippen LogP contribution in [0.3, 0.4) is 0 Å². The number of rotatable bonds is 9. The van der Waals surface area contributed by atoms with E-state index in [0.717, 1.165) is 25.9 Å². The lowest BCUT2D eigenvalue weighted by Gasteiger charge is -2.31. The Labute approximate surface area is 186 Å². The summed E-state index contributed by atoms with van der Waals surface area (Å²) in [6.07, 6.45) is 1.44. The summed E-state index contributed by atoms with van der Waals surface area (Å²) in [5, 5.41) is 2.84. The second-order valence-electron chi connectivity index (χ2n) is 7.63. The summed E-state index contributed by atoms with van der Waals surface area (Å²) in [4.78, 5) is 39.5. The minimum atomic E-state index is -0.620. The Balaban J connectivity index is 1.45. The molecule has 0 atom stereocenters. The van der Waals surface area contributed by atoms with E-state index in [1.54, 1.807) is 18.2 Å². The number of ether oxygens (including phenoxy) is 2. The molecule has 7 nitrogen and oxygen atoms in total. The smallest absolute Gasteiger partial charge is 0.341 e. The molecule has 1 fully saturated rings. The molecule has 0 spiro atoms. The third-order valence-electron chi connectivity index (χ3n) is 5.50. The maximum Gasteiger partial charge on any atom is 0.341 e. The number of methoxy groups -OCH3 is 1. The summed E-state index contributed by atoms with van der Waals surface area (Å²) in [7, 11) is 1.41. The number of ketones is 1. The molecule has 170 valence electrons. The van der Waals surface area contributed by atoms with E-state index >= 15 is 0 Å². The van der Waals surface area contributed by atoms with Crippen LogP contribution in [0.25, 0.3) is 0 Å². The van der Waals surface area contributed by atoms with Crippen LogP contribution >= 0.6 is 0 Å². The Morgan fingerprint density at radius 2 is 1.69 bits per heavy atom. The third kappa shape index (κ3) is 6.21. The zero-order valence-electron chi connectivity index (χ0n) is 18.0. The van der Waals surface area contributed by atoms with Crippen LogP contribution in [0.2, 0.25) is 0 Å². The van der Waals surface area contributed by atoms with Crippen LogP contribution < -0.4 is 5.32 Å². The van der Waals surface area contributed by atoms with Crippen LogP contribution in [-0.4, -0.2) is 62.6 Å². The second kappa shape index (κ2) is 11.5. The summed E-state index contributed by atoms with van der Waals surface area (Å²) >= 11 is 0. The van der Waals surface area contributed by atoms with Gasteiger partial charge in [0.1, 0.15) is 5.82 Å². The lowest BCUT2D eigenvalue weighted by molar-refractivity contribution is -0.0126. The molecule has 1 aliphatic heterocycles. The van der Waals surface area contributed by atoms with Gasteiger partial charge in [-0.25, -0.2) is 9.18 Å². The molecule has 3 rings (SSSR count). The highest BCUT2D eigenvalue weighted by Crippen LogP contribution is 2.22. The van der Waals surface area contributed by atoms with Gasteiger partial charge in [0.05, 0.1) is 11.1 Å². The molecule has 0 aliphatic carbocycles. The molecule has 2 aromatic carbocycles. The Kier molecular flexibility index (Phi) is 8.47. The van der Waals surface area contributed by atoms with Crippen LogP contribution in [0.5, 0.6) is 0 Å². The molecule has 0 radical (unpaired) electrons. The van der Waals surface area contributed by atoms with Crippen molar-refractivity contribution in [3.05, 3.63) is 71.0 Å². The first-order valence-electron chi connectivity index (χ1n) is 10.5. The van der Waals surface area contributed by atoms with E-state index < -0.39 is 5.97 Å². The monoisotopic (exact) mass is 442 g/mol. The number of esters is 1. The second-order valence-corrected chi connectivity index (χ2v) is 7.63. The minimum Gasteiger partial charge on any atom is -0.435 e. The Hall–Kier alpha value is -3.10. The van der Waals surface area contributed by atoms with Gasteiger partial charge in [-0.1, -0.05) is 12.1 Å². The molecule has 1 amide bonds. The number of nitrogens with zero attached hydrogens (tertiary/aromatic N) is 1. The van der Waals surface area contributed by atoms with E-state index in [4.69, 9.17) is 9.47 Å². The number of hydrogen-bond acceptors (Lipinski definition) is 6. The zero-order chi connectivity index (χ0) is 22.9. The summed E-state index contributed by atoms with van der Waals surface area (Å²) < 4.78 is 22.7. The predicted molar refractivity (Wildman–Crippen MR) is 116 cm³/mol. The lowest BCUT2D eigenvalue weighted by Crippen LogP contribution is -2.41. The Morgan fingerprint density at radius 3 is 2.34 bits per heavy atom. The molecule has 8 heteroatoms. The van der Waals surface area contributed by atoms with Crippen LogP contribution in [0.15, 0.2) is 48.5 Å². The normalized spacial score (nSPS) is 14.7. The van der Waals surface area contributed by atoms with Crippen molar-refractivity contribution in [2.24, 2.45) is 5.92 Å². The number of piperidine rings is 1.